The number of nitrogen functional groups attached to an aromatic ring is 1. The fourth-order valence-corrected chi connectivity index (χ4v) is 3.23. The molecule has 3 N–H and O–H groups in total. The van der Waals surface area contributed by atoms with E-state index in [1.54, 1.807) is 26.0 Å². The highest BCUT2D eigenvalue weighted by Gasteiger charge is 2.21. The van der Waals surface area contributed by atoms with Gasteiger partial charge in [-0.2, -0.15) is 0 Å². The molecule has 0 saturated heterocycles. The van der Waals surface area contributed by atoms with E-state index in [1.165, 1.54) is 6.07 Å². The molecule has 0 fully saturated rings. The number of aryl methyl sites for hydroxylation is 2. The lowest BCUT2D eigenvalue weighted by Gasteiger charge is -2.13. The van der Waals surface area contributed by atoms with Crippen molar-refractivity contribution in [2.24, 2.45) is 0 Å². The molecule has 0 aliphatic carbocycles. The van der Waals surface area contributed by atoms with Crippen LogP contribution in [0.5, 0.6) is 0 Å². The molecule has 20 heavy (non-hydrogen) atoms. The second-order valence-corrected chi connectivity index (χ2v) is 6.03. The molecule has 0 aliphatic heterocycles. The van der Waals surface area contributed by atoms with Gasteiger partial charge in [0.15, 0.2) is 0 Å². The van der Waals surface area contributed by atoms with Crippen LogP contribution in [-0.2, 0) is 10.0 Å². The zero-order chi connectivity index (χ0) is 14.9. The van der Waals surface area contributed by atoms with Gasteiger partial charge in [-0.3, -0.25) is 4.72 Å². The van der Waals surface area contributed by atoms with Crippen molar-refractivity contribution < 1.29 is 12.8 Å². The van der Waals surface area contributed by atoms with Crippen molar-refractivity contribution in [1.29, 1.82) is 0 Å². The SMILES string of the molecule is Cc1ccc(C)c(S(=O)(=O)Nc2ccc(F)cn2)c1N. The quantitative estimate of drug-likeness (QED) is 0.850. The number of hydrogen-bond acceptors (Lipinski definition) is 4. The van der Waals surface area contributed by atoms with Crippen LogP contribution in [0.1, 0.15) is 11.1 Å². The third kappa shape index (κ3) is 2.72. The standard InChI is InChI=1S/C13H14FN3O2S/c1-8-3-4-9(2)13(12(8)15)20(18,19)17-11-6-5-10(14)7-16-11/h3-7H,15H2,1-2H3,(H,16,17). The van der Waals surface area contributed by atoms with Crippen LogP contribution < -0.4 is 10.5 Å². The summed E-state index contributed by atoms with van der Waals surface area (Å²) in [6.45, 7) is 3.38. The molecule has 1 heterocycles. The molecule has 0 saturated carbocycles. The van der Waals surface area contributed by atoms with Gasteiger partial charge in [-0.05, 0) is 37.1 Å². The van der Waals surface area contributed by atoms with Gasteiger partial charge in [0.2, 0.25) is 0 Å². The number of hydrogen-bond donors (Lipinski definition) is 2. The molecule has 0 unspecified atom stereocenters. The van der Waals surface area contributed by atoms with Crippen LogP contribution in [0.3, 0.4) is 0 Å². The van der Waals surface area contributed by atoms with E-state index in [4.69, 9.17) is 5.73 Å². The zero-order valence-electron chi connectivity index (χ0n) is 11.0. The van der Waals surface area contributed by atoms with E-state index in [9.17, 15) is 12.8 Å². The van der Waals surface area contributed by atoms with Gasteiger partial charge in [0.05, 0.1) is 11.9 Å². The van der Waals surface area contributed by atoms with Crippen LogP contribution in [0, 0.1) is 19.7 Å². The van der Waals surface area contributed by atoms with Crippen molar-refractivity contribution in [3.05, 3.63) is 47.4 Å². The van der Waals surface area contributed by atoms with Gasteiger partial charge >= 0.3 is 0 Å². The maximum atomic E-state index is 12.8. The maximum Gasteiger partial charge on any atom is 0.265 e. The number of benzene rings is 1. The fraction of sp³-hybridized carbons (Fsp3) is 0.154. The third-order valence-corrected chi connectivity index (χ3v) is 4.40. The monoisotopic (exact) mass is 295 g/mol. The lowest BCUT2D eigenvalue weighted by molar-refractivity contribution is 0.600. The lowest BCUT2D eigenvalue weighted by atomic mass is 10.1. The number of anilines is 2. The molecule has 0 amide bonds. The van der Waals surface area contributed by atoms with E-state index in [2.05, 4.69) is 9.71 Å². The minimum absolute atomic E-state index is 0.0172. The first-order valence-electron chi connectivity index (χ1n) is 5.81. The Morgan fingerprint density at radius 1 is 1.15 bits per heavy atom. The predicted molar refractivity (Wildman–Crippen MR) is 75.3 cm³/mol. The van der Waals surface area contributed by atoms with Crippen LogP contribution in [0.25, 0.3) is 0 Å². The lowest BCUT2D eigenvalue weighted by Crippen LogP contribution is -2.17. The van der Waals surface area contributed by atoms with Gasteiger partial charge in [0, 0.05) is 0 Å². The summed E-state index contributed by atoms with van der Waals surface area (Å²) >= 11 is 0. The Balaban J connectivity index is 2.46. The van der Waals surface area contributed by atoms with E-state index in [0.29, 0.717) is 11.1 Å². The predicted octanol–water partition coefficient (Wildman–Crippen LogP) is 2.22. The highest BCUT2D eigenvalue weighted by molar-refractivity contribution is 7.93. The minimum atomic E-state index is -3.87. The van der Waals surface area contributed by atoms with Crippen molar-refractivity contribution in [2.75, 3.05) is 10.5 Å². The van der Waals surface area contributed by atoms with Crippen molar-refractivity contribution in [3.8, 4) is 0 Å². The first-order valence-corrected chi connectivity index (χ1v) is 7.29. The Morgan fingerprint density at radius 3 is 2.40 bits per heavy atom. The number of nitrogens with zero attached hydrogens (tertiary/aromatic N) is 1. The number of halogens is 1. The highest BCUT2D eigenvalue weighted by Crippen LogP contribution is 2.27. The Kier molecular flexibility index (Phi) is 3.63. The average molecular weight is 295 g/mol. The summed E-state index contributed by atoms with van der Waals surface area (Å²) in [7, 11) is -3.87. The van der Waals surface area contributed by atoms with E-state index in [1.807, 2.05) is 0 Å². The molecule has 0 atom stereocenters. The van der Waals surface area contributed by atoms with Crippen molar-refractivity contribution in [1.82, 2.24) is 4.98 Å². The summed E-state index contributed by atoms with van der Waals surface area (Å²) in [4.78, 5) is 3.68. The number of aromatic nitrogens is 1. The van der Waals surface area contributed by atoms with Gasteiger partial charge in [-0.25, -0.2) is 17.8 Å². The summed E-state index contributed by atoms with van der Waals surface area (Å²) in [5.41, 5.74) is 7.24. The smallest absolute Gasteiger partial charge is 0.265 e. The molecule has 2 rings (SSSR count). The van der Waals surface area contributed by atoms with E-state index < -0.39 is 15.8 Å². The van der Waals surface area contributed by atoms with Crippen molar-refractivity contribution >= 4 is 21.5 Å². The van der Waals surface area contributed by atoms with E-state index >= 15 is 0 Å². The summed E-state index contributed by atoms with van der Waals surface area (Å²) in [6.07, 6.45) is 0.935. The largest absolute Gasteiger partial charge is 0.397 e. The third-order valence-electron chi connectivity index (χ3n) is 2.85. The Labute approximate surface area is 116 Å². The molecule has 1 aromatic heterocycles. The molecule has 0 radical (unpaired) electrons. The fourth-order valence-electron chi connectivity index (χ4n) is 1.79. The van der Waals surface area contributed by atoms with Gasteiger partial charge in [0.25, 0.3) is 10.0 Å². The summed E-state index contributed by atoms with van der Waals surface area (Å²) in [6, 6.07) is 5.80. The summed E-state index contributed by atoms with van der Waals surface area (Å²) < 4.78 is 39.8. The maximum absolute atomic E-state index is 12.8. The van der Waals surface area contributed by atoms with Crippen molar-refractivity contribution in [3.63, 3.8) is 0 Å². The molecule has 0 bridgehead atoms. The van der Waals surface area contributed by atoms with Crippen molar-refractivity contribution in [2.45, 2.75) is 18.7 Å². The average Bonchev–Trinajstić information content (AvgIpc) is 2.37. The molecule has 7 heteroatoms. The molecule has 0 aliphatic rings. The first kappa shape index (κ1) is 14.3. The second kappa shape index (κ2) is 5.09. The number of sulfonamides is 1. The normalized spacial score (nSPS) is 11.3. The molecular formula is C13H14FN3O2S. The van der Waals surface area contributed by atoms with Crippen LogP contribution in [-0.4, -0.2) is 13.4 Å². The molecule has 106 valence electrons. The molecule has 1 aromatic carbocycles. The Hall–Kier alpha value is -2.15. The van der Waals surface area contributed by atoms with E-state index in [-0.39, 0.29) is 16.4 Å². The number of rotatable bonds is 3. The molecule has 0 spiro atoms. The highest BCUT2D eigenvalue weighted by atomic mass is 32.2. The van der Waals surface area contributed by atoms with Gasteiger partial charge in [-0.15, -0.1) is 0 Å². The summed E-state index contributed by atoms with van der Waals surface area (Å²) in [5, 5.41) is 0. The number of pyridine rings is 1. The molecule has 2 aromatic rings. The van der Waals surface area contributed by atoms with Crippen LogP contribution in [0.4, 0.5) is 15.9 Å². The molecule has 5 nitrogen and oxygen atoms in total. The van der Waals surface area contributed by atoms with Gasteiger partial charge in [-0.1, -0.05) is 12.1 Å². The first-order chi connectivity index (χ1) is 9.31. The van der Waals surface area contributed by atoms with Crippen LogP contribution in [0.2, 0.25) is 0 Å². The van der Waals surface area contributed by atoms with Gasteiger partial charge < -0.3 is 5.73 Å². The zero-order valence-corrected chi connectivity index (χ0v) is 11.8. The second-order valence-electron chi connectivity index (χ2n) is 4.41. The van der Waals surface area contributed by atoms with Crippen LogP contribution >= 0.6 is 0 Å². The summed E-state index contributed by atoms with van der Waals surface area (Å²) in [5.74, 6) is -0.508. The van der Waals surface area contributed by atoms with E-state index in [0.717, 1.165) is 12.3 Å². The van der Waals surface area contributed by atoms with Gasteiger partial charge in [0.1, 0.15) is 16.5 Å². The topological polar surface area (TPSA) is 85.1 Å². The van der Waals surface area contributed by atoms with Crippen LogP contribution in [0.15, 0.2) is 35.4 Å². The Bertz CT molecular complexity index is 743. The number of nitrogens with two attached hydrogens (primary N) is 1. The molecular weight excluding hydrogens is 281 g/mol. The Morgan fingerprint density at radius 2 is 1.80 bits per heavy atom. The minimum Gasteiger partial charge on any atom is -0.397 e. The number of nitrogens with one attached hydrogen (secondary N) is 1.